The summed E-state index contributed by atoms with van der Waals surface area (Å²) >= 11 is 0. The number of hydrogen-bond acceptors (Lipinski definition) is 3. The van der Waals surface area contributed by atoms with E-state index in [-0.39, 0.29) is 0 Å². The van der Waals surface area contributed by atoms with Crippen molar-refractivity contribution in [3.63, 3.8) is 0 Å². The van der Waals surface area contributed by atoms with Gasteiger partial charge in [0.1, 0.15) is 11.9 Å². The number of aliphatic hydroxyl groups excluding tert-OH is 1. The molecule has 0 amide bonds. The average molecular weight is 288 g/mol. The zero-order valence-corrected chi connectivity index (χ0v) is 12.8. The van der Waals surface area contributed by atoms with Crippen LogP contribution in [0.4, 0.5) is 0 Å². The molecule has 0 spiro atoms. The van der Waals surface area contributed by atoms with E-state index in [1.807, 2.05) is 35.1 Å². The van der Waals surface area contributed by atoms with E-state index in [0.717, 1.165) is 49.3 Å². The van der Waals surface area contributed by atoms with Crippen molar-refractivity contribution in [2.24, 2.45) is 0 Å². The minimum atomic E-state index is -0.639. The quantitative estimate of drug-likeness (QED) is 0.756. The van der Waals surface area contributed by atoms with Crippen LogP contribution >= 0.6 is 0 Å². The minimum absolute atomic E-state index is 0.639. The van der Waals surface area contributed by atoms with Crippen LogP contribution in [0.3, 0.4) is 0 Å². The van der Waals surface area contributed by atoms with Crippen molar-refractivity contribution in [3.05, 3.63) is 47.8 Å². The first-order chi connectivity index (χ1) is 10.2. The fourth-order valence-corrected chi connectivity index (χ4v) is 2.15. The van der Waals surface area contributed by atoms with Crippen LogP contribution in [0.1, 0.15) is 50.3 Å². The molecule has 1 N–H and O–H groups in total. The van der Waals surface area contributed by atoms with Crippen molar-refractivity contribution in [1.82, 2.24) is 9.78 Å². The summed E-state index contributed by atoms with van der Waals surface area (Å²) in [5.74, 6) is 0.848. The van der Waals surface area contributed by atoms with E-state index in [4.69, 9.17) is 4.74 Å². The smallest absolute Gasteiger partial charge is 0.119 e. The van der Waals surface area contributed by atoms with E-state index in [0.29, 0.717) is 0 Å². The molecule has 1 aromatic carbocycles. The first-order valence-electron chi connectivity index (χ1n) is 7.67. The van der Waals surface area contributed by atoms with Gasteiger partial charge in [-0.05, 0) is 30.5 Å². The van der Waals surface area contributed by atoms with Gasteiger partial charge in [0.25, 0.3) is 0 Å². The molecule has 0 saturated carbocycles. The lowest BCUT2D eigenvalue weighted by molar-refractivity contribution is 0.220. The SMILES string of the molecule is CCCCOc1ccc(C(O)c2cnn(CCC)c2)cc1. The van der Waals surface area contributed by atoms with Crippen molar-refractivity contribution >= 4 is 0 Å². The highest BCUT2D eigenvalue weighted by molar-refractivity contribution is 5.32. The first kappa shape index (κ1) is 15.6. The standard InChI is InChI=1S/C17H24N2O2/c1-3-5-11-21-16-8-6-14(7-9-16)17(20)15-12-18-19(13-15)10-4-2/h6-9,12-13,17,20H,3-5,10-11H2,1-2H3. The Labute approximate surface area is 126 Å². The monoisotopic (exact) mass is 288 g/mol. The molecule has 4 nitrogen and oxygen atoms in total. The van der Waals surface area contributed by atoms with Gasteiger partial charge in [-0.2, -0.15) is 5.10 Å². The zero-order chi connectivity index (χ0) is 15.1. The minimum Gasteiger partial charge on any atom is -0.494 e. The average Bonchev–Trinajstić information content (AvgIpc) is 2.97. The molecule has 1 aromatic heterocycles. The zero-order valence-electron chi connectivity index (χ0n) is 12.8. The van der Waals surface area contributed by atoms with E-state index in [1.54, 1.807) is 6.20 Å². The van der Waals surface area contributed by atoms with Crippen LogP contribution in [0.15, 0.2) is 36.7 Å². The summed E-state index contributed by atoms with van der Waals surface area (Å²) in [6.07, 6.45) is 6.20. The van der Waals surface area contributed by atoms with Crippen LogP contribution in [0, 0.1) is 0 Å². The number of aryl methyl sites for hydroxylation is 1. The molecular formula is C17H24N2O2. The van der Waals surface area contributed by atoms with E-state index >= 15 is 0 Å². The molecule has 1 unspecified atom stereocenters. The Bertz CT molecular complexity index is 534. The number of rotatable bonds is 8. The molecule has 1 atom stereocenters. The highest BCUT2D eigenvalue weighted by Crippen LogP contribution is 2.23. The maximum absolute atomic E-state index is 10.4. The molecule has 0 saturated heterocycles. The Morgan fingerprint density at radius 1 is 1.14 bits per heavy atom. The number of nitrogens with zero attached hydrogens (tertiary/aromatic N) is 2. The van der Waals surface area contributed by atoms with Crippen LogP contribution < -0.4 is 4.74 Å². The van der Waals surface area contributed by atoms with Gasteiger partial charge in [-0.3, -0.25) is 4.68 Å². The molecule has 114 valence electrons. The lowest BCUT2D eigenvalue weighted by atomic mass is 10.0. The van der Waals surface area contributed by atoms with Gasteiger partial charge in [0.05, 0.1) is 12.8 Å². The van der Waals surface area contributed by atoms with Gasteiger partial charge in [0, 0.05) is 18.3 Å². The fraction of sp³-hybridized carbons (Fsp3) is 0.471. The lowest BCUT2D eigenvalue weighted by Gasteiger charge is -2.10. The second-order valence-electron chi connectivity index (χ2n) is 5.21. The van der Waals surface area contributed by atoms with Crippen molar-refractivity contribution in [2.75, 3.05) is 6.61 Å². The van der Waals surface area contributed by atoms with Gasteiger partial charge in [-0.1, -0.05) is 32.4 Å². The van der Waals surface area contributed by atoms with Gasteiger partial charge in [-0.25, -0.2) is 0 Å². The molecule has 1 heterocycles. The second-order valence-corrected chi connectivity index (χ2v) is 5.21. The molecule has 0 fully saturated rings. The molecule has 0 bridgehead atoms. The van der Waals surface area contributed by atoms with Crippen molar-refractivity contribution in [2.45, 2.75) is 45.8 Å². The van der Waals surface area contributed by atoms with Crippen LogP contribution in [-0.2, 0) is 6.54 Å². The van der Waals surface area contributed by atoms with E-state index < -0.39 is 6.10 Å². The molecule has 0 radical (unpaired) electrons. The largest absolute Gasteiger partial charge is 0.494 e. The second kappa shape index (κ2) is 7.84. The predicted octanol–water partition coefficient (Wildman–Crippen LogP) is 3.55. The maximum atomic E-state index is 10.4. The highest BCUT2D eigenvalue weighted by Gasteiger charge is 2.12. The third-order valence-electron chi connectivity index (χ3n) is 3.38. The normalized spacial score (nSPS) is 12.3. The third kappa shape index (κ3) is 4.33. The van der Waals surface area contributed by atoms with Gasteiger partial charge in [-0.15, -0.1) is 0 Å². The van der Waals surface area contributed by atoms with Crippen molar-refractivity contribution in [3.8, 4) is 5.75 Å². The topological polar surface area (TPSA) is 47.3 Å². The Kier molecular flexibility index (Phi) is 5.81. The van der Waals surface area contributed by atoms with Crippen molar-refractivity contribution < 1.29 is 9.84 Å². The Morgan fingerprint density at radius 3 is 2.57 bits per heavy atom. The molecule has 2 rings (SSSR count). The summed E-state index contributed by atoms with van der Waals surface area (Å²) in [7, 11) is 0. The summed E-state index contributed by atoms with van der Waals surface area (Å²) < 4.78 is 7.49. The summed E-state index contributed by atoms with van der Waals surface area (Å²) in [5.41, 5.74) is 1.68. The molecule has 4 heteroatoms. The predicted molar refractivity (Wildman–Crippen MR) is 83.4 cm³/mol. The molecule has 0 aliphatic carbocycles. The number of aromatic nitrogens is 2. The summed E-state index contributed by atoms with van der Waals surface area (Å²) in [6, 6.07) is 7.63. The van der Waals surface area contributed by atoms with Crippen LogP contribution in [0.5, 0.6) is 5.75 Å². The number of aliphatic hydroxyl groups is 1. The fourth-order valence-electron chi connectivity index (χ4n) is 2.15. The molecule has 0 aliphatic heterocycles. The highest BCUT2D eigenvalue weighted by atomic mass is 16.5. The Morgan fingerprint density at radius 2 is 1.90 bits per heavy atom. The number of benzene rings is 1. The van der Waals surface area contributed by atoms with Gasteiger partial charge in [0.2, 0.25) is 0 Å². The Hall–Kier alpha value is -1.81. The summed E-state index contributed by atoms with van der Waals surface area (Å²) in [6.45, 7) is 5.86. The number of hydrogen-bond donors (Lipinski definition) is 1. The van der Waals surface area contributed by atoms with Gasteiger partial charge in [0.15, 0.2) is 0 Å². The van der Waals surface area contributed by atoms with Crippen LogP contribution in [0.25, 0.3) is 0 Å². The van der Waals surface area contributed by atoms with Crippen LogP contribution in [-0.4, -0.2) is 21.5 Å². The lowest BCUT2D eigenvalue weighted by Crippen LogP contribution is -2.00. The third-order valence-corrected chi connectivity index (χ3v) is 3.38. The summed E-state index contributed by atoms with van der Waals surface area (Å²) in [5, 5.41) is 14.6. The first-order valence-corrected chi connectivity index (χ1v) is 7.67. The van der Waals surface area contributed by atoms with Crippen molar-refractivity contribution in [1.29, 1.82) is 0 Å². The molecular weight excluding hydrogens is 264 g/mol. The molecule has 21 heavy (non-hydrogen) atoms. The van der Waals surface area contributed by atoms with Crippen LogP contribution in [0.2, 0.25) is 0 Å². The van der Waals surface area contributed by atoms with E-state index in [9.17, 15) is 5.11 Å². The van der Waals surface area contributed by atoms with E-state index in [1.165, 1.54) is 0 Å². The van der Waals surface area contributed by atoms with Gasteiger partial charge < -0.3 is 9.84 Å². The van der Waals surface area contributed by atoms with E-state index in [2.05, 4.69) is 18.9 Å². The number of ether oxygens (including phenoxy) is 1. The molecule has 0 aliphatic rings. The Balaban J connectivity index is 1.99. The summed E-state index contributed by atoms with van der Waals surface area (Å²) in [4.78, 5) is 0. The number of unbranched alkanes of at least 4 members (excludes halogenated alkanes) is 1. The molecule has 2 aromatic rings. The maximum Gasteiger partial charge on any atom is 0.119 e. The van der Waals surface area contributed by atoms with Gasteiger partial charge >= 0.3 is 0 Å².